The van der Waals surface area contributed by atoms with Gasteiger partial charge in [0, 0.05) is 43.4 Å². The predicted octanol–water partition coefficient (Wildman–Crippen LogP) is 4.36. The van der Waals surface area contributed by atoms with Crippen LogP contribution in [0, 0.1) is 23.7 Å². The number of anilines is 1. The van der Waals surface area contributed by atoms with Gasteiger partial charge in [0.25, 0.3) is 0 Å². The Morgan fingerprint density at radius 2 is 1.93 bits per heavy atom. The topological polar surface area (TPSA) is 35.9 Å². The van der Waals surface area contributed by atoms with Crippen LogP contribution in [0.5, 0.6) is 0 Å². The van der Waals surface area contributed by atoms with Gasteiger partial charge in [0.15, 0.2) is 0 Å². The van der Waals surface area contributed by atoms with Crippen LogP contribution in [0.2, 0.25) is 5.02 Å². The molecule has 4 rings (SSSR count). The highest BCUT2D eigenvalue weighted by Crippen LogP contribution is 2.66. The van der Waals surface area contributed by atoms with E-state index in [2.05, 4.69) is 49.6 Å². The zero-order valence-corrected chi connectivity index (χ0v) is 19.2. The highest BCUT2D eigenvalue weighted by atomic mass is 35.5. The van der Waals surface area contributed by atoms with Gasteiger partial charge in [-0.15, -0.1) is 0 Å². The van der Waals surface area contributed by atoms with E-state index in [1.807, 2.05) is 6.07 Å². The molecule has 0 amide bonds. The average molecular weight is 421 g/mol. The summed E-state index contributed by atoms with van der Waals surface area (Å²) in [7, 11) is 0. The van der Waals surface area contributed by atoms with Crippen molar-refractivity contribution in [2.24, 2.45) is 16.7 Å². The summed E-state index contributed by atoms with van der Waals surface area (Å²) in [4.78, 5) is 4.76. The van der Waals surface area contributed by atoms with Crippen molar-refractivity contribution < 1.29 is 9.84 Å². The third-order valence-electron chi connectivity index (χ3n) is 8.56. The Bertz CT molecular complexity index is 732. The van der Waals surface area contributed by atoms with E-state index < -0.39 is 6.10 Å². The van der Waals surface area contributed by atoms with Gasteiger partial charge in [0.2, 0.25) is 0 Å². The van der Waals surface area contributed by atoms with Crippen molar-refractivity contribution in [1.82, 2.24) is 4.90 Å². The molecule has 1 aromatic carbocycles. The molecule has 0 aromatic heterocycles. The molecule has 4 atom stereocenters. The fourth-order valence-corrected chi connectivity index (χ4v) is 6.22. The zero-order chi connectivity index (χ0) is 20.8. The van der Waals surface area contributed by atoms with Crippen LogP contribution in [0.15, 0.2) is 18.2 Å². The van der Waals surface area contributed by atoms with Gasteiger partial charge >= 0.3 is 0 Å². The number of aryl methyl sites for hydroxylation is 1. The minimum absolute atomic E-state index is 0.262. The highest BCUT2D eigenvalue weighted by molar-refractivity contribution is 6.30. The molecule has 2 bridgehead atoms. The number of ether oxygens (including phenoxy) is 1. The lowest BCUT2D eigenvalue weighted by Gasteiger charge is -2.40. The molecule has 1 aromatic rings. The van der Waals surface area contributed by atoms with Gasteiger partial charge in [-0.05, 0) is 60.6 Å². The second-order valence-corrected chi connectivity index (χ2v) is 10.7. The first-order chi connectivity index (χ1) is 13.7. The number of fused-ring (bicyclic) bond motifs is 2. The van der Waals surface area contributed by atoms with E-state index in [0.29, 0.717) is 24.7 Å². The van der Waals surface area contributed by atoms with Crippen LogP contribution in [0.1, 0.15) is 45.6 Å². The van der Waals surface area contributed by atoms with Crippen molar-refractivity contribution in [2.75, 3.05) is 44.2 Å². The first kappa shape index (κ1) is 21.4. The molecule has 3 fully saturated rings. The number of β-amino-alcohol motifs (C(OH)–C–C–N with tert-alkyl or cyclic N) is 1. The van der Waals surface area contributed by atoms with E-state index in [1.54, 1.807) is 0 Å². The van der Waals surface area contributed by atoms with Crippen molar-refractivity contribution in [3.63, 3.8) is 0 Å². The molecule has 1 N–H and O–H groups in total. The molecule has 2 aliphatic carbocycles. The molecule has 162 valence electrons. The molecule has 0 radical (unpaired) electrons. The number of rotatable bonds is 6. The molecule has 0 unspecified atom stereocenters. The van der Waals surface area contributed by atoms with Gasteiger partial charge in [-0.25, -0.2) is 0 Å². The maximum absolute atomic E-state index is 10.6. The van der Waals surface area contributed by atoms with Gasteiger partial charge in [0.05, 0.1) is 18.8 Å². The number of aliphatic hydroxyl groups excluding tert-OH is 1. The summed E-state index contributed by atoms with van der Waals surface area (Å²) >= 11 is 6.19. The summed E-state index contributed by atoms with van der Waals surface area (Å²) in [6.07, 6.45) is 3.64. The third-order valence-corrected chi connectivity index (χ3v) is 8.79. The van der Waals surface area contributed by atoms with Crippen molar-refractivity contribution >= 4 is 17.3 Å². The first-order valence-electron chi connectivity index (χ1n) is 11.2. The van der Waals surface area contributed by atoms with E-state index in [-0.39, 0.29) is 5.41 Å². The number of benzene rings is 1. The summed E-state index contributed by atoms with van der Waals surface area (Å²) in [6, 6.07) is 6.10. The quantitative estimate of drug-likeness (QED) is 0.741. The number of piperazine rings is 1. The van der Waals surface area contributed by atoms with Crippen LogP contribution in [0.4, 0.5) is 5.69 Å². The van der Waals surface area contributed by atoms with Crippen LogP contribution >= 0.6 is 11.6 Å². The van der Waals surface area contributed by atoms with E-state index in [1.165, 1.54) is 24.1 Å². The van der Waals surface area contributed by atoms with Crippen LogP contribution in [0.25, 0.3) is 0 Å². The summed E-state index contributed by atoms with van der Waals surface area (Å²) < 4.78 is 6.30. The predicted molar refractivity (Wildman–Crippen MR) is 120 cm³/mol. The van der Waals surface area contributed by atoms with E-state index in [4.69, 9.17) is 16.3 Å². The van der Waals surface area contributed by atoms with Crippen molar-refractivity contribution in [2.45, 2.75) is 59.2 Å². The SMILES string of the molecule is Cc1ccc(Cl)cc1N1CCN(C[C@@H](O)CO[C@H]2C[C@H]3CC[C@@]2(C)C3(C)C)CC1. The molecule has 1 aliphatic heterocycles. The number of hydrogen-bond acceptors (Lipinski definition) is 4. The fraction of sp³-hybridized carbons (Fsp3) is 0.750. The largest absolute Gasteiger partial charge is 0.389 e. The molecule has 4 nitrogen and oxygen atoms in total. The van der Waals surface area contributed by atoms with Gasteiger partial charge in [-0.1, -0.05) is 38.4 Å². The molecular formula is C24H37ClN2O2. The Labute approximate surface area is 181 Å². The standard InChI is InChI=1S/C24H37ClN2O2/c1-17-5-6-19(25)14-21(17)27-11-9-26(10-12-27)15-20(28)16-29-22-13-18-7-8-24(22,4)23(18,2)3/h5-6,14,18,20,22,28H,7-13,15-16H2,1-4H3/t18-,20-,22+,24-/m1/s1. The van der Waals surface area contributed by atoms with Gasteiger partial charge in [-0.3, -0.25) is 4.90 Å². The average Bonchev–Trinajstić information content (AvgIpc) is 3.02. The number of hydrogen-bond donors (Lipinski definition) is 1. The van der Waals surface area contributed by atoms with Crippen molar-refractivity contribution in [1.29, 1.82) is 0 Å². The second kappa shape index (κ2) is 8.03. The maximum Gasteiger partial charge on any atom is 0.0900 e. The van der Waals surface area contributed by atoms with Crippen LogP contribution < -0.4 is 4.90 Å². The smallest absolute Gasteiger partial charge is 0.0900 e. The normalized spacial score (nSPS) is 32.7. The Kier molecular flexibility index (Phi) is 5.93. The molecular weight excluding hydrogens is 384 g/mol. The number of halogens is 1. The minimum atomic E-state index is -0.416. The van der Waals surface area contributed by atoms with Crippen LogP contribution in [-0.2, 0) is 4.74 Å². The van der Waals surface area contributed by atoms with Crippen LogP contribution in [-0.4, -0.2) is 61.5 Å². The minimum Gasteiger partial charge on any atom is -0.389 e. The third kappa shape index (κ3) is 3.94. The second-order valence-electron chi connectivity index (χ2n) is 10.3. The van der Waals surface area contributed by atoms with Gasteiger partial charge in [0.1, 0.15) is 0 Å². The van der Waals surface area contributed by atoms with Gasteiger partial charge < -0.3 is 14.7 Å². The fourth-order valence-electron chi connectivity index (χ4n) is 6.05. The highest BCUT2D eigenvalue weighted by Gasteiger charge is 2.61. The Morgan fingerprint density at radius 1 is 1.21 bits per heavy atom. The molecule has 5 heteroatoms. The summed E-state index contributed by atoms with van der Waals surface area (Å²) in [5.74, 6) is 0.776. The Balaban J connectivity index is 1.24. The Hall–Kier alpha value is -0.810. The molecule has 0 spiro atoms. The lowest BCUT2D eigenvalue weighted by molar-refractivity contribution is -0.0794. The molecule has 29 heavy (non-hydrogen) atoms. The maximum atomic E-state index is 10.6. The number of nitrogens with zero attached hydrogens (tertiary/aromatic N) is 2. The lowest BCUT2D eigenvalue weighted by atomic mass is 9.70. The Morgan fingerprint density at radius 3 is 2.55 bits per heavy atom. The van der Waals surface area contributed by atoms with E-state index in [0.717, 1.165) is 43.5 Å². The van der Waals surface area contributed by atoms with Crippen molar-refractivity contribution in [3.05, 3.63) is 28.8 Å². The monoisotopic (exact) mass is 420 g/mol. The lowest BCUT2D eigenvalue weighted by Crippen LogP contribution is -2.49. The zero-order valence-electron chi connectivity index (χ0n) is 18.5. The molecule has 2 saturated carbocycles. The van der Waals surface area contributed by atoms with Gasteiger partial charge in [-0.2, -0.15) is 0 Å². The first-order valence-corrected chi connectivity index (χ1v) is 11.6. The molecule has 3 aliphatic rings. The summed E-state index contributed by atoms with van der Waals surface area (Å²) in [5.41, 5.74) is 3.11. The summed E-state index contributed by atoms with van der Waals surface area (Å²) in [6.45, 7) is 14.3. The van der Waals surface area contributed by atoms with E-state index >= 15 is 0 Å². The van der Waals surface area contributed by atoms with Crippen LogP contribution in [0.3, 0.4) is 0 Å². The van der Waals surface area contributed by atoms with Crippen molar-refractivity contribution in [3.8, 4) is 0 Å². The molecule has 1 heterocycles. The number of aliphatic hydroxyl groups is 1. The summed E-state index contributed by atoms with van der Waals surface area (Å²) in [5, 5.41) is 11.4. The molecule has 1 saturated heterocycles. The van der Waals surface area contributed by atoms with E-state index in [9.17, 15) is 5.11 Å².